The highest BCUT2D eigenvalue weighted by molar-refractivity contribution is 7.15. The molecule has 3 rings (SSSR count). The van der Waals surface area contributed by atoms with Crippen LogP contribution in [0.25, 0.3) is 0 Å². The van der Waals surface area contributed by atoms with Crippen LogP contribution in [0.2, 0.25) is 0 Å². The Hall–Kier alpha value is -1.35. The zero-order valence-corrected chi connectivity index (χ0v) is 11.7. The number of fused-ring (bicyclic) bond motifs is 1. The first-order chi connectivity index (χ1) is 8.69. The zero-order valence-electron chi connectivity index (χ0n) is 10.9. The quantitative estimate of drug-likeness (QED) is 0.892. The number of nitrogens with zero attached hydrogens (tertiary/aromatic N) is 1. The second kappa shape index (κ2) is 4.39. The Labute approximate surface area is 112 Å². The standard InChI is InChI=1S/C15H18N2S/c1-3-10-8-11(5-4-9(10)2)12-6-7-13-14(12)18-15(16)17-13/h4-5,8,12H,3,6-7H2,1-2H3,(H2,16,17). The highest BCUT2D eigenvalue weighted by Gasteiger charge is 2.27. The van der Waals surface area contributed by atoms with Gasteiger partial charge in [0.05, 0.1) is 5.69 Å². The van der Waals surface area contributed by atoms with Crippen LogP contribution in [0.3, 0.4) is 0 Å². The van der Waals surface area contributed by atoms with Gasteiger partial charge in [0, 0.05) is 10.8 Å². The van der Waals surface area contributed by atoms with Gasteiger partial charge in [-0.1, -0.05) is 25.1 Å². The Morgan fingerprint density at radius 3 is 3.06 bits per heavy atom. The van der Waals surface area contributed by atoms with Gasteiger partial charge in [-0.15, -0.1) is 11.3 Å². The van der Waals surface area contributed by atoms with Crippen molar-refractivity contribution in [3.8, 4) is 0 Å². The number of rotatable bonds is 2. The van der Waals surface area contributed by atoms with E-state index >= 15 is 0 Å². The molecule has 1 heterocycles. The molecule has 1 aromatic heterocycles. The molecule has 3 heteroatoms. The Kier molecular flexibility index (Phi) is 2.86. The molecule has 0 spiro atoms. The summed E-state index contributed by atoms with van der Waals surface area (Å²) in [6.45, 7) is 4.41. The molecule has 0 saturated heterocycles. The fraction of sp³-hybridized carbons (Fsp3) is 0.400. The Balaban J connectivity index is 2.01. The monoisotopic (exact) mass is 258 g/mol. The number of aromatic nitrogens is 1. The summed E-state index contributed by atoms with van der Waals surface area (Å²) >= 11 is 1.66. The molecule has 2 aromatic rings. The van der Waals surface area contributed by atoms with Gasteiger partial charge in [0.15, 0.2) is 5.13 Å². The van der Waals surface area contributed by atoms with Gasteiger partial charge in [0.2, 0.25) is 0 Å². The summed E-state index contributed by atoms with van der Waals surface area (Å²) in [5.41, 5.74) is 11.3. The maximum atomic E-state index is 5.82. The normalized spacial score (nSPS) is 18.0. The van der Waals surface area contributed by atoms with Gasteiger partial charge in [-0.25, -0.2) is 4.98 Å². The molecule has 0 saturated carbocycles. The lowest BCUT2D eigenvalue weighted by atomic mass is 9.94. The third kappa shape index (κ3) is 1.83. The third-order valence-corrected chi connectivity index (χ3v) is 4.93. The van der Waals surface area contributed by atoms with E-state index in [1.165, 1.54) is 33.7 Å². The van der Waals surface area contributed by atoms with Gasteiger partial charge in [-0.05, 0) is 42.9 Å². The van der Waals surface area contributed by atoms with E-state index < -0.39 is 0 Å². The molecule has 0 fully saturated rings. The molecule has 0 radical (unpaired) electrons. The van der Waals surface area contributed by atoms with E-state index in [1.54, 1.807) is 11.3 Å². The number of nitrogen functional groups attached to an aromatic ring is 1. The zero-order chi connectivity index (χ0) is 12.7. The van der Waals surface area contributed by atoms with Crippen molar-refractivity contribution in [3.63, 3.8) is 0 Å². The summed E-state index contributed by atoms with van der Waals surface area (Å²) in [6, 6.07) is 6.88. The number of thiazole rings is 1. The fourth-order valence-corrected chi connectivity index (χ4v) is 3.90. The SMILES string of the molecule is CCc1cc(C2CCc3nc(N)sc32)ccc1C. The van der Waals surface area contributed by atoms with Crippen molar-refractivity contribution >= 4 is 16.5 Å². The van der Waals surface area contributed by atoms with E-state index in [-0.39, 0.29) is 0 Å². The summed E-state index contributed by atoms with van der Waals surface area (Å²) in [5.74, 6) is 0.515. The van der Waals surface area contributed by atoms with Crippen molar-refractivity contribution in [2.24, 2.45) is 0 Å². The smallest absolute Gasteiger partial charge is 0.180 e. The Morgan fingerprint density at radius 1 is 1.44 bits per heavy atom. The molecule has 18 heavy (non-hydrogen) atoms. The first kappa shape index (κ1) is 11.7. The maximum absolute atomic E-state index is 5.82. The molecule has 1 unspecified atom stereocenters. The minimum atomic E-state index is 0.515. The topological polar surface area (TPSA) is 38.9 Å². The Bertz CT molecular complexity index is 586. The number of nitrogens with two attached hydrogens (primary N) is 1. The summed E-state index contributed by atoms with van der Waals surface area (Å²) in [4.78, 5) is 5.81. The Morgan fingerprint density at radius 2 is 2.28 bits per heavy atom. The number of aryl methyl sites for hydroxylation is 3. The van der Waals surface area contributed by atoms with Crippen LogP contribution in [-0.2, 0) is 12.8 Å². The van der Waals surface area contributed by atoms with Gasteiger partial charge in [-0.3, -0.25) is 0 Å². The van der Waals surface area contributed by atoms with Crippen LogP contribution in [0.15, 0.2) is 18.2 Å². The first-order valence-corrected chi connectivity index (χ1v) is 7.35. The van der Waals surface area contributed by atoms with Crippen LogP contribution >= 0.6 is 11.3 Å². The number of benzene rings is 1. The second-order valence-electron chi connectivity index (χ2n) is 4.99. The molecule has 1 atom stereocenters. The molecular formula is C15H18N2S. The predicted octanol–water partition coefficient (Wildman–Crippen LogP) is 3.67. The van der Waals surface area contributed by atoms with Crippen LogP contribution in [0, 0.1) is 6.92 Å². The lowest BCUT2D eigenvalue weighted by Gasteiger charge is -2.13. The molecule has 2 nitrogen and oxygen atoms in total. The molecule has 94 valence electrons. The molecule has 2 N–H and O–H groups in total. The van der Waals surface area contributed by atoms with E-state index in [2.05, 4.69) is 37.0 Å². The molecule has 0 amide bonds. The van der Waals surface area contributed by atoms with Crippen molar-refractivity contribution in [2.75, 3.05) is 5.73 Å². The molecule has 0 aliphatic heterocycles. The van der Waals surface area contributed by atoms with Gasteiger partial charge < -0.3 is 5.73 Å². The van der Waals surface area contributed by atoms with Crippen molar-refractivity contribution < 1.29 is 0 Å². The lowest BCUT2D eigenvalue weighted by molar-refractivity contribution is 0.788. The summed E-state index contributed by atoms with van der Waals surface area (Å²) in [5, 5.41) is 0.715. The van der Waals surface area contributed by atoms with Crippen LogP contribution in [0.5, 0.6) is 0 Å². The van der Waals surface area contributed by atoms with E-state index in [9.17, 15) is 0 Å². The molecule has 0 bridgehead atoms. The molecule has 1 aliphatic rings. The van der Waals surface area contributed by atoms with Crippen molar-refractivity contribution in [1.29, 1.82) is 0 Å². The molecule has 1 aliphatic carbocycles. The van der Waals surface area contributed by atoms with Crippen molar-refractivity contribution in [1.82, 2.24) is 4.98 Å². The first-order valence-electron chi connectivity index (χ1n) is 6.53. The van der Waals surface area contributed by atoms with Gasteiger partial charge in [-0.2, -0.15) is 0 Å². The maximum Gasteiger partial charge on any atom is 0.180 e. The average Bonchev–Trinajstić information content (AvgIpc) is 2.89. The summed E-state index contributed by atoms with van der Waals surface area (Å²) < 4.78 is 0. The van der Waals surface area contributed by atoms with Gasteiger partial charge in [0.1, 0.15) is 0 Å². The van der Waals surface area contributed by atoms with E-state index in [1.807, 2.05) is 0 Å². The fourth-order valence-electron chi connectivity index (χ4n) is 2.85. The predicted molar refractivity (Wildman–Crippen MR) is 77.2 cm³/mol. The average molecular weight is 258 g/mol. The highest BCUT2D eigenvalue weighted by atomic mass is 32.1. The van der Waals surface area contributed by atoms with E-state index in [0.29, 0.717) is 11.0 Å². The number of hydrogen-bond acceptors (Lipinski definition) is 3. The van der Waals surface area contributed by atoms with Crippen LogP contribution in [0.1, 0.15) is 46.5 Å². The second-order valence-corrected chi connectivity index (χ2v) is 6.06. The van der Waals surface area contributed by atoms with Crippen molar-refractivity contribution in [3.05, 3.63) is 45.5 Å². The van der Waals surface area contributed by atoms with Gasteiger partial charge in [0.25, 0.3) is 0 Å². The molecule has 1 aromatic carbocycles. The molecular weight excluding hydrogens is 240 g/mol. The highest BCUT2D eigenvalue weighted by Crippen LogP contribution is 2.42. The number of hydrogen-bond donors (Lipinski definition) is 1. The van der Waals surface area contributed by atoms with Crippen LogP contribution < -0.4 is 5.73 Å². The lowest BCUT2D eigenvalue weighted by Crippen LogP contribution is -1.97. The largest absolute Gasteiger partial charge is 0.375 e. The van der Waals surface area contributed by atoms with Crippen molar-refractivity contribution in [2.45, 2.75) is 39.0 Å². The van der Waals surface area contributed by atoms with Crippen LogP contribution in [-0.4, -0.2) is 4.98 Å². The van der Waals surface area contributed by atoms with Crippen LogP contribution in [0.4, 0.5) is 5.13 Å². The van der Waals surface area contributed by atoms with E-state index in [4.69, 9.17) is 5.73 Å². The third-order valence-electron chi connectivity index (χ3n) is 3.89. The summed E-state index contributed by atoms with van der Waals surface area (Å²) in [6.07, 6.45) is 3.35. The van der Waals surface area contributed by atoms with E-state index in [0.717, 1.165) is 12.8 Å². The minimum absolute atomic E-state index is 0.515. The minimum Gasteiger partial charge on any atom is -0.375 e. The van der Waals surface area contributed by atoms with Gasteiger partial charge >= 0.3 is 0 Å². The summed E-state index contributed by atoms with van der Waals surface area (Å²) in [7, 11) is 0. The number of anilines is 1.